The average Bonchev–Trinajstić information content (AvgIpc) is 2.67. The first-order valence-corrected chi connectivity index (χ1v) is 9.03. The van der Waals surface area contributed by atoms with Gasteiger partial charge in [-0.1, -0.05) is 33.4 Å². The molecule has 6 nitrogen and oxygen atoms in total. The van der Waals surface area contributed by atoms with Crippen molar-refractivity contribution in [3.05, 3.63) is 59.9 Å². The molecule has 0 radical (unpaired) electrons. The Morgan fingerprint density at radius 3 is 2.70 bits per heavy atom. The summed E-state index contributed by atoms with van der Waals surface area (Å²) in [6.07, 6.45) is 5.92. The number of rotatable bonds is 6. The molecule has 2 N–H and O–H groups in total. The molecular formula is C21H29N3O3. The van der Waals surface area contributed by atoms with E-state index in [0.717, 1.165) is 17.7 Å². The number of fused-ring (bicyclic) bond motifs is 1. The summed E-state index contributed by atoms with van der Waals surface area (Å²) in [5.41, 5.74) is 2.74. The Labute approximate surface area is 161 Å². The molecule has 27 heavy (non-hydrogen) atoms. The number of carbonyl (C=O) groups is 2. The van der Waals surface area contributed by atoms with E-state index < -0.39 is 0 Å². The van der Waals surface area contributed by atoms with Crippen molar-refractivity contribution in [1.29, 1.82) is 0 Å². The van der Waals surface area contributed by atoms with Gasteiger partial charge in [0.1, 0.15) is 5.76 Å². The fourth-order valence-corrected chi connectivity index (χ4v) is 2.47. The second-order valence-electron chi connectivity index (χ2n) is 5.61. The van der Waals surface area contributed by atoms with Gasteiger partial charge in [-0.25, -0.2) is 4.79 Å². The highest BCUT2D eigenvalue weighted by molar-refractivity contribution is 6.06. The molecule has 0 aromatic heterocycles. The van der Waals surface area contributed by atoms with Gasteiger partial charge in [0.15, 0.2) is 0 Å². The van der Waals surface area contributed by atoms with Crippen LogP contribution in [0, 0.1) is 0 Å². The van der Waals surface area contributed by atoms with Crippen molar-refractivity contribution in [3.63, 3.8) is 0 Å². The van der Waals surface area contributed by atoms with Crippen LogP contribution < -0.4 is 10.6 Å². The van der Waals surface area contributed by atoms with Crippen LogP contribution in [0.15, 0.2) is 54.3 Å². The zero-order valence-electron chi connectivity index (χ0n) is 16.8. The Morgan fingerprint density at radius 1 is 1.41 bits per heavy atom. The first-order chi connectivity index (χ1) is 13.0. The molecule has 0 fully saturated rings. The summed E-state index contributed by atoms with van der Waals surface area (Å²) in [6, 6.07) is 5.25. The predicted molar refractivity (Wildman–Crippen MR) is 111 cm³/mol. The number of nitrogens with one attached hydrogen (secondary N) is 2. The number of amides is 3. The monoisotopic (exact) mass is 371 g/mol. The van der Waals surface area contributed by atoms with E-state index in [2.05, 4.69) is 17.2 Å². The predicted octanol–water partition coefficient (Wildman–Crippen LogP) is 4.68. The Hall–Kier alpha value is -3.02. The molecule has 0 saturated carbocycles. The van der Waals surface area contributed by atoms with Crippen molar-refractivity contribution in [1.82, 2.24) is 4.90 Å². The molecular weight excluding hydrogens is 342 g/mol. The number of carbonyl (C=O) groups excluding carboxylic acids is 2. The number of benzene rings is 1. The van der Waals surface area contributed by atoms with Crippen LogP contribution in [-0.2, 0) is 16.1 Å². The van der Waals surface area contributed by atoms with E-state index in [1.165, 1.54) is 13.2 Å². The number of anilines is 2. The fraction of sp³-hybridized carbons (Fsp3) is 0.333. The van der Waals surface area contributed by atoms with Gasteiger partial charge in [-0.05, 0) is 42.3 Å². The van der Waals surface area contributed by atoms with Crippen molar-refractivity contribution in [2.45, 2.75) is 33.7 Å². The zero-order chi connectivity index (χ0) is 20.4. The van der Waals surface area contributed by atoms with Crippen molar-refractivity contribution in [3.8, 4) is 0 Å². The lowest BCUT2D eigenvalue weighted by molar-refractivity contribution is -0.112. The van der Waals surface area contributed by atoms with Crippen LogP contribution in [0.2, 0.25) is 0 Å². The minimum Gasteiger partial charge on any atom is -0.496 e. The number of nitrogens with zero attached hydrogens (tertiary/aromatic N) is 1. The number of ether oxygens (including phenoxy) is 1. The molecule has 146 valence electrons. The number of hydrogen-bond donors (Lipinski definition) is 2. The van der Waals surface area contributed by atoms with Gasteiger partial charge in [-0.3, -0.25) is 4.79 Å². The first kappa shape index (κ1) is 22.0. The van der Waals surface area contributed by atoms with Crippen LogP contribution in [0.25, 0.3) is 0 Å². The van der Waals surface area contributed by atoms with Crippen molar-refractivity contribution < 1.29 is 14.3 Å². The van der Waals surface area contributed by atoms with Crippen molar-refractivity contribution >= 4 is 23.3 Å². The maximum absolute atomic E-state index is 12.6. The summed E-state index contributed by atoms with van der Waals surface area (Å²) in [4.78, 5) is 25.9. The molecule has 1 aliphatic heterocycles. The van der Waals surface area contributed by atoms with Crippen molar-refractivity contribution in [2.75, 3.05) is 24.8 Å². The Kier molecular flexibility index (Phi) is 8.85. The van der Waals surface area contributed by atoms with Gasteiger partial charge in [-0.15, -0.1) is 0 Å². The van der Waals surface area contributed by atoms with Crippen LogP contribution in [-0.4, -0.2) is 31.0 Å². The zero-order valence-corrected chi connectivity index (χ0v) is 16.8. The van der Waals surface area contributed by atoms with Crippen LogP contribution in [0.1, 0.15) is 32.8 Å². The summed E-state index contributed by atoms with van der Waals surface area (Å²) in [6.45, 7) is 10.2. The minimum atomic E-state index is -0.283. The maximum atomic E-state index is 12.6. The van der Waals surface area contributed by atoms with E-state index in [4.69, 9.17) is 4.74 Å². The molecule has 0 spiro atoms. The van der Waals surface area contributed by atoms with Gasteiger partial charge < -0.3 is 20.3 Å². The normalized spacial score (nSPS) is 13.7. The third kappa shape index (κ3) is 5.74. The lowest BCUT2D eigenvalue weighted by atomic mass is 10.1. The van der Waals surface area contributed by atoms with E-state index >= 15 is 0 Å². The molecule has 0 bridgehead atoms. The SMILES string of the molecule is C=C/C(OC)=C(\C=C/CC)C(=O)Nc1ccc2c(c1)CN(C)C(=O)N2.CC. The molecule has 3 amide bonds. The number of allylic oxidation sites excluding steroid dienone is 2. The summed E-state index contributed by atoms with van der Waals surface area (Å²) in [5.74, 6) is 0.127. The van der Waals surface area contributed by atoms with Crippen LogP contribution in [0.5, 0.6) is 0 Å². The molecule has 0 saturated heterocycles. The number of methoxy groups -OCH3 is 1. The minimum absolute atomic E-state index is 0.144. The van der Waals surface area contributed by atoms with Gasteiger partial charge in [0.05, 0.1) is 12.7 Å². The summed E-state index contributed by atoms with van der Waals surface area (Å²) in [5, 5.41) is 5.67. The molecule has 1 aromatic rings. The van der Waals surface area contributed by atoms with Gasteiger partial charge >= 0.3 is 6.03 Å². The van der Waals surface area contributed by atoms with E-state index in [1.807, 2.05) is 32.9 Å². The topological polar surface area (TPSA) is 70.7 Å². The maximum Gasteiger partial charge on any atom is 0.321 e. The third-order valence-electron chi connectivity index (χ3n) is 3.79. The molecule has 0 aliphatic carbocycles. The quantitative estimate of drug-likeness (QED) is 0.433. The molecule has 1 heterocycles. The lowest BCUT2D eigenvalue weighted by Crippen LogP contribution is -2.35. The van der Waals surface area contributed by atoms with E-state index in [1.54, 1.807) is 30.2 Å². The standard InChI is InChI=1S/C19H23N3O3.C2H6/c1-5-7-8-15(17(6-2)25-4)18(23)20-14-9-10-16-13(11-14)12-22(3)19(24)21-16;1-2/h6-11H,2,5,12H2,1,3-4H3,(H,20,23)(H,21,24);1-2H3/b8-7-,17-15-;. The van der Waals surface area contributed by atoms with E-state index in [0.29, 0.717) is 23.6 Å². The summed E-state index contributed by atoms with van der Waals surface area (Å²) in [7, 11) is 3.22. The highest BCUT2D eigenvalue weighted by Gasteiger charge is 2.20. The lowest BCUT2D eigenvalue weighted by Gasteiger charge is -2.26. The molecule has 1 aliphatic rings. The summed E-state index contributed by atoms with van der Waals surface area (Å²) < 4.78 is 5.23. The molecule has 2 rings (SSSR count). The van der Waals surface area contributed by atoms with Crippen LogP contribution in [0.3, 0.4) is 0 Å². The Bertz CT molecular complexity index is 751. The number of urea groups is 1. The van der Waals surface area contributed by atoms with E-state index in [9.17, 15) is 9.59 Å². The second kappa shape index (κ2) is 10.9. The van der Waals surface area contributed by atoms with Crippen molar-refractivity contribution in [2.24, 2.45) is 0 Å². The van der Waals surface area contributed by atoms with Crippen LogP contribution in [0.4, 0.5) is 16.2 Å². The summed E-state index contributed by atoms with van der Waals surface area (Å²) >= 11 is 0. The van der Waals surface area contributed by atoms with Gasteiger partial charge in [0.2, 0.25) is 0 Å². The largest absolute Gasteiger partial charge is 0.496 e. The smallest absolute Gasteiger partial charge is 0.321 e. The first-order valence-electron chi connectivity index (χ1n) is 9.03. The average molecular weight is 371 g/mol. The van der Waals surface area contributed by atoms with Crippen LogP contribution >= 0.6 is 0 Å². The third-order valence-corrected chi connectivity index (χ3v) is 3.79. The number of hydrogen-bond acceptors (Lipinski definition) is 3. The Morgan fingerprint density at radius 2 is 2.11 bits per heavy atom. The highest BCUT2D eigenvalue weighted by Crippen LogP contribution is 2.26. The second-order valence-corrected chi connectivity index (χ2v) is 5.61. The van der Waals surface area contributed by atoms with E-state index in [-0.39, 0.29) is 11.9 Å². The molecule has 1 aromatic carbocycles. The van der Waals surface area contributed by atoms with Gasteiger partial charge in [-0.2, -0.15) is 0 Å². The molecule has 0 unspecified atom stereocenters. The Balaban J connectivity index is 0.00000176. The molecule has 0 atom stereocenters. The van der Waals surface area contributed by atoms with Gasteiger partial charge in [0.25, 0.3) is 5.91 Å². The van der Waals surface area contributed by atoms with Gasteiger partial charge in [0, 0.05) is 25.0 Å². The molecule has 6 heteroatoms. The highest BCUT2D eigenvalue weighted by atomic mass is 16.5. The fourth-order valence-electron chi connectivity index (χ4n) is 2.47.